The minimum Gasteiger partial charge on any atom is -0.282 e. The molecule has 1 N–H and O–H groups in total. The molecule has 3 nitrogen and oxygen atoms in total. The van der Waals surface area contributed by atoms with Crippen molar-refractivity contribution in [1.82, 2.24) is 0 Å². The fourth-order valence-electron chi connectivity index (χ4n) is 3.43. The molecule has 4 heteroatoms. The van der Waals surface area contributed by atoms with E-state index in [1.165, 1.54) is 25.7 Å². The standard InChI is InChI=1S/C21H24O3S/c1-2-3-4-5-6-9-16-12-13-18-15-17-10-7-8-11-19(17)21(20(18)14-16)25(22,23)24/h7-8,10-15H,2-6,9H2,1H3,(H,22,23,24). The van der Waals surface area contributed by atoms with Gasteiger partial charge in [0.15, 0.2) is 0 Å². The van der Waals surface area contributed by atoms with Gasteiger partial charge in [0.25, 0.3) is 10.1 Å². The lowest BCUT2D eigenvalue weighted by Gasteiger charge is -2.11. The fraction of sp³-hybridized carbons (Fsp3) is 0.333. The summed E-state index contributed by atoms with van der Waals surface area (Å²) in [5.74, 6) is 0. The molecule has 0 aliphatic rings. The van der Waals surface area contributed by atoms with E-state index in [-0.39, 0.29) is 4.90 Å². The number of hydrogen-bond donors (Lipinski definition) is 1. The summed E-state index contributed by atoms with van der Waals surface area (Å²) in [6.07, 6.45) is 6.94. The molecule has 3 aromatic carbocycles. The largest absolute Gasteiger partial charge is 0.295 e. The van der Waals surface area contributed by atoms with Crippen molar-refractivity contribution in [2.45, 2.75) is 50.3 Å². The van der Waals surface area contributed by atoms with Gasteiger partial charge in [-0.3, -0.25) is 4.55 Å². The van der Waals surface area contributed by atoms with E-state index in [9.17, 15) is 13.0 Å². The van der Waals surface area contributed by atoms with Crippen LogP contribution in [0.2, 0.25) is 0 Å². The quantitative estimate of drug-likeness (QED) is 0.333. The Morgan fingerprint density at radius 3 is 2.32 bits per heavy atom. The molecule has 0 saturated carbocycles. The zero-order chi connectivity index (χ0) is 17.9. The predicted octanol–water partition coefficient (Wildman–Crippen LogP) is 5.75. The fourth-order valence-corrected chi connectivity index (χ4v) is 4.35. The molecule has 0 aliphatic heterocycles. The number of hydrogen-bond acceptors (Lipinski definition) is 2. The molecule has 0 aliphatic carbocycles. The van der Waals surface area contributed by atoms with Crippen molar-refractivity contribution in [3.05, 3.63) is 54.1 Å². The van der Waals surface area contributed by atoms with E-state index in [2.05, 4.69) is 13.0 Å². The summed E-state index contributed by atoms with van der Waals surface area (Å²) in [5, 5.41) is 2.82. The lowest BCUT2D eigenvalue weighted by Crippen LogP contribution is -2.01. The maximum atomic E-state index is 12.1. The van der Waals surface area contributed by atoms with Gasteiger partial charge >= 0.3 is 0 Å². The van der Waals surface area contributed by atoms with Crippen LogP contribution in [0, 0.1) is 0 Å². The number of benzene rings is 3. The van der Waals surface area contributed by atoms with E-state index < -0.39 is 10.1 Å². The van der Waals surface area contributed by atoms with Gasteiger partial charge in [0, 0.05) is 10.8 Å². The highest BCUT2D eigenvalue weighted by molar-refractivity contribution is 7.86. The molecule has 0 bridgehead atoms. The van der Waals surface area contributed by atoms with Gasteiger partial charge in [0.05, 0.1) is 0 Å². The molecular weight excluding hydrogens is 332 g/mol. The molecule has 3 rings (SSSR count). The second kappa shape index (κ2) is 7.54. The van der Waals surface area contributed by atoms with Gasteiger partial charge in [-0.25, -0.2) is 0 Å². The Labute approximate surface area is 149 Å². The summed E-state index contributed by atoms with van der Waals surface area (Å²) in [4.78, 5) is 0.0217. The van der Waals surface area contributed by atoms with Gasteiger partial charge in [0.2, 0.25) is 0 Å². The number of aryl methyl sites for hydroxylation is 1. The lowest BCUT2D eigenvalue weighted by atomic mass is 9.99. The topological polar surface area (TPSA) is 54.4 Å². The minimum absolute atomic E-state index is 0.0217. The average Bonchev–Trinajstić information content (AvgIpc) is 2.58. The molecule has 0 radical (unpaired) electrons. The maximum Gasteiger partial charge on any atom is 0.295 e. The van der Waals surface area contributed by atoms with E-state index in [0.717, 1.165) is 29.2 Å². The summed E-state index contributed by atoms with van der Waals surface area (Å²) in [6, 6.07) is 15.2. The SMILES string of the molecule is CCCCCCCc1ccc2cc3ccccc3c(S(=O)(=O)O)c2c1. The Hall–Kier alpha value is -1.91. The molecular formula is C21H24O3S. The van der Waals surface area contributed by atoms with Crippen LogP contribution in [0.25, 0.3) is 21.5 Å². The van der Waals surface area contributed by atoms with Crippen molar-refractivity contribution in [2.75, 3.05) is 0 Å². The minimum atomic E-state index is -4.31. The van der Waals surface area contributed by atoms with Crippen LogP contribution >= 0.6 is 0 Å². The summed E-state index contributed by atoms with van der Waals surface area (Å²) < 4.78 is 33.9. The predicted molar refractivity (Wildman–Crippen MR) is 104 cm³/mol. The third kappa shape index (κ3) is 4.02. The lowest BCUT2D eigenvalue weighted by molar-refractivity contribution is 0.485. The monoisotopic (exact) mass is 356 g/mol. The van der Waals surface area contributed by atoms with Crippen molar-refractivity contribution in [2.24, 2.45) is 0 Å². The Bertz CT molecular complexity index is 991. The molecule has 0 aromatic heterocycles. The highest BCUT2D eigenvalue weighted by Crippen LogP contribution is 2.32. The van der Waals surface area contributed by atoms with Crippen LogP contribution in [-0.2, 0) is 16.5 Å². The zero-order valence-electron chi connectivity index (χ0n) is 14.5. The number of unbranched alkanes of at least 4 members (excludes halogenated alkanes) is 4. The van der Waals surface area contributed by atoms with Gasteiger partial charge in [-0.2, -0.15) is 8.42 Å². The van der Waals surface area contributed by atoms with E-state index >= 15 is 0 Å². The molecule has 0 fully saturated rings. The first kappa shape index (κ1) is 17.9. The van der Waals surface area contributed by atoms with Crippen molar-refractivity contribution < 1.29 is 13.0 Å². The second-order valence-corrected chi connectivity index (χ2v) is 7.98. The highest BCUT2D eigenvalue weighted by Gasteiger charge is 2.18. The zero-order valence-corrected chi connectivity index (χ0v) is 15.3. The van der Waals surface area contributed by atoms with Crippen molar-refractivity contribution in [3.8, 4) is 0 Å². The summed E-state index contributed by atoms with van der Waals surface area (Å²) >= 11 is 0. The van der Waals surface area contributed by atoms with Crippen molar-refractivity contribution in [3.63, 3.8) is 0 Å². The van der Waals surface area contributed by atoms with Gasteiger partial charge in [-0.15, -0.1) is 0 Å². The van der Waals surface area contributed by atoms with Gasteiger partial charge < -0.3 is 0 Å². The summed E-state index contributed by atoms with van der Waals surface area (Å²) in [7, 11) is -4.31. The Kier molecular flexibility index (Phi) is 5.40. The highest BCUT2D eigenvalue weighted by atomic mass is 32.2. The normalized spacial score (nSPS) is 12.1. The van der Waals surface area contributed by atoms with E-state index in [1.807, 2.05) is 30.3 Å². The Balaban J connectivity index is 2.04. The molecule has 25 heavy (non-hydrogen) atoms. The maximum absolute atomic E-state index is 12.1. The van der Waals surface area contributed by atoms with Crippen LogP contribution < -0.4 is 0 Å². The number of fused-ring (bicyclic) bond motifs is 2. The van der Waals surface area contributed by atoms with Crippen molar-refractivity contribution >= 4 is 31.7 Å². The van der Waals surface area contributed by atoms with Crippen LogP contribution in [0.1, 0.15) is 44.6 Å². The van der Waals surface area contributed by atoms with Crippen molar-refractivity contribution in [1.29, 1.82) is 0 Å². The third-order valence-corrected chi connectivity index (χ3v) is 5.66. The molecule has 132 valence electrons. The molecule has 0 amide bonds. The van der Waals surface area contributed by atoms with E-state index in [4.69, 9.17) is 0 Å². The van der Waals surface area contributed by atoms with Gasteiger partial charge in [0.1, 0.15) is 4.90 Å². The van der Waals surface area contributed by atoms with Crippen LogP contribution in [0.15, 0.2) is 53.4 Å². The van der Waals surface area contributed by atoms with Crippen LogP contribution in [0.5, 0.6) is 0 Å². The number of rotatable bonds is 7. The van der Waals surface area contributed by atoms with E-state index in [0.29, 0.717) is 10.8 Å². The van der Waals surface area contributed by atoms with Crippen LogP contribution in [-0.4, -0.2) is 13.0 Å². The van der Waals surface area contributed by atoms with Crippen LogP contribution in [0.4, 0.5) is 0 Å². The van der Waals surface area contributed by atoms with Gasteiger partial charge in [-0.1, -0.05) is 69.0 Å². The average molecular weight is 356 g/mol. The molecule has 0 heterocycles. The molecule has 0 saturated heterocycles. The first-order valence-corrected chi connectivity index (χ1v) is 10.4. The Morgan fingerprint density at radius 2 is 1.56 bits per heavy atom. The molecule has 0 spiro atoms. The first-order valence-electron chi connectivity index (χ1n) is 8.92. The summed E-state index contributed by atoms with van der Waals surface area (Å²) in [5.41, 5.74) is 1.11. The molecule has 3 aromatic rings. The van der Waals surface area contributed by atoms with Crippen LogP contribution in [0.3, 0.4) is 0 Å². The smallest absolute Gasteiger partial charge is 0.282 e. The van der Waals surface area contributed by atoms with E-state index in [1.54, 1.807) is 12.1 Å². The molecule has 0 atom stereocenters. The van der Waals surface area contributed by atoms with Gasteiger partial charge in [-0.05, 0) is 41.3 Å². The molecule has 0 unspecified atom stereocenters. The third-order valence-electron chi connectivity index (χ3n) is 4.71. The summed E-state index contributed by atoms with van der Waals surface area (Å²) in [6.45, 7) is 2.20. The Morgan fingerprint density at radius 1 is 0.840 bits per heavy atom. The second-order valence-electron chi connectivity index (χ2n) is 6.62. The first-order chi connectivity index (χ1) is 12.0.